The Morgan fingerprint density at radius 1 is 1.07 bits per heavy atom. The van der Waals surface area contributed by atoms with E-state index in [1.54, 1.807) is 24.1 Å². The normalized spacial score (nSPS) is 20.8. The van der Waals surface area contributed by atoms with Crippen molar-refractivity contribution in [1.82, 2.24) is 14.8 Å². The summed E-state index contributed by atoms with van der Waals surface area (Å²) in [6, 6.07) is 2.45. The molecule has 6 rings (SSSR count). The molecule has 9 nitrogen and oxygen atoms in total. The number of aromatic hydroxyl groups is 1. The van der Waals surface area contributed by atoms with Gasteiger partial charge in [-0.1, -0.05) is 20.4 Å². The standard InChI is InChI=1S/C33H34F4N6O3/c1-6-21(45)41-14-18-10-12-39-29-24-31(27(37)23(26(29)36)22-20(44)8-7-19(34)25(22)35)43(30-16(4)9-11-38-28(30)15(2)3)33(46)40-32(24)42(18)13-17(41)5/h6-9,11,15,17-18,33,39,44,46H,1,10,12-14H2,2-5H3. The van der Waals surface area contributed by atoms with E-state index >= 15 is 13.2 Å². The third-order valence-corrected chi connectivity index (χ3v) is 8.90. The molecular weight excluding hydrogens is 604 g/mol. The highest BCUT2D eigenvalue weighted by molar-refractivity contribution is 6.12. The Labute approximate surface area is 263 Å². The van der Waals surface area contributed by atoms with Gasteiger partial charge in [-0.15, -0.1) is 0 Å². The van der Waals surface area contributed by atoms with Crippen LogP contribution in [0, 0.1) is 30.2 Å². The lowest BCUT2D eigenvalue weighted by molar-refractivity contribution is -0.131. The van der Waals surface area contributed by atoms with Crippen molar-refractivity contribution < 1.29 is 32.6 Å². The molecule has 46 heavy (non-hydrogen) atoms. The number of aliphatic hydroxyl groups excluding tert-OH is 1. The first-order valence-electron chi connectivity index (χ1n) is 15.0. The second kappa shape index (κ2) is 11.6. The van der Waals surface area contributed by atoms with Crippen LogP contribution in [0.15, 0.2) is 42.0 Å². The second-order valence-corrected chi connectivity index (χ2v) is 12.1. The van der Waals surface area contributed by atoms with Crippen LogP contribution in [0.3, 0.4) is 0 Å². The minimum atomic E-state index is -1.75. The molecule has 3 atom stereocenters. The number of piperazine rings is 1. The summed E-state index contributed by atoms with van der Waals surface area (Å²) in [6.45, 7) is 11.5. The third-order valence-electron chi connectivity index (χ3n) is 8.90. The summed E-state index contributed by atoms with van der Waals surface area (Å²) in [4.78, 5) is 26.4. The number of aliphatic imine (C=N–C) groups is 1. The number of phenols is 1. The zero-order chi connectivity index (χ0) is 33.2. The highest BCUT2D eigenvalue weighted by Crippen LogP contribution is 2.50. The van der Waals surface area contributed by atoms with Crippen molar-refractivity contribution in [2.24, 2.45) is 4.99 Å². The van der Waals surface area contributed by atoms with Gasteiger partial charge in [0.1, 0.15) is 11.6 Å². The van der Waals surface area contributed by atoms with Crippen molar-refractivity contribution in [3.05, 3.63) is 77.1 Å². The largest absolute Gasteiger partial charge is 0.507 e. The van der Waals surface area contributed by atoms with E-state index < -0.39 is 46.5 Å². The first kappa shape index (κ1) is 31.3. The molecule has 0 spiro atoms. The number of hydrogen-bond donors (Lipinski definition) is 3. The molecule has 3 unspecified atom stereocenters. The molecule has 0 saturated carbocycles. The number of phenolic OH excluding ortho intramolecular Hbond substituents is 1. The Balaban J connectivity index is 1.69. The van der Waals surface area contributed by atoms with Gasteiger partial charge >= 0.3 is 0 Å². The van der Waals surface area contributed by atoms with Crippen LogP contribution in [0.25, 0.3) is 11.1 Å². The van der Waals surface area contributed by atoms with Crippen molar-refractivity contribution in [2.45, 2.75) is 58.5 Å². The van der Waals surface area contributed by atoms with E-state index in [4.69, 9.17) is 0 Å². The molecule has 1 fully saturated rings. The van der Waals surface area contributed by atoms with Gasteiger partial charge < -0.3 is 25.3 Å². The maximum Gasteiger partial charge on any atom is 0.246 e. The van der Waals surface area contributed by atoms with Crippen molar-refractivity contribution in [3.63, 3.8) is 0 Å². The van der Waals surface area contributed by atoms with Gasteiger partial charge in [-0.25, -0.2) is 22.6 Å². The number of halogens is 4. The lowest BCUT2D eigenvalue weighted by atomic mass is 9.91. The van der Waals surface area contributed by atoms with Crippen LogP contribution in [-0.2, 0) is 4.79 Å². The number of aromatic nitrogens is 1. The molecule has 3 aromatic rings. The summed E-state index contributed by atoms with van der Waals surface area (Å²) in [5, 5.41) is 25.4. The first-order chi connectivity index (χ1) is 21.9. The van der Waals surface area contributed by atoms with E-state index in [2.05, 4.69) is 21.9 Å². The monoisotopic (exact) mass is 638 g/mol. The Morgan fingerprint density at radius 3 is 2.50 bits per heavy atom. The lowest BCUT2D eigenvalue weighted by Gasteiger charge is -2.49. The number of aliphatic hydroxyl groups is 1. The number of nitrogens with one attached hydrogen (secondary N) is 1. The van der Waals surface area contributed by atoms with E-state index in [1.165, 1.54) is 11.0 Å². The van der Waals surface area contributed by atoms with Gasteiger partial charge in [0.15, 0.2) is 23.3 Å². The van der Waals surface area contributed by atoms with Crippen LogP contribution < -0.4 is 10.2 Å². The molecule has 0 aliphatic carbocycles. The number of fused-ring (bicyclic) bond motifs is 2. The lowest BCUT2D eigenvalue weighted by Crippen LogP contribution is -2.62. The molecule has 242 valence electrons. The van der Waals surface area contributed by atoms with Gasteiger partial charge in [-0.05, 0) is 56.0 Å². The second-order valence-electron chi connectivity index (χ2n) is 12.1. The topological polar surface area (TPSA) is 105 Å². The maximum absolute atomic E-state index is 17.2. The van der Waals surface area contributed by atoms with E-state index in [1.807, 2.05) is 25.7 Å². The maximum atomic E-state index is 17.2. The summed E-state index contributed by atoms with van der Waals surface area (Å²) in [7, 11) is 0. The molecule has 0 bridgehead atoms. The summed E-state index contributed by atoms with van der Waals surface area (Å²) in [5.41, 5.74) is -1.26. The molecule has 2 aromatic carbocycles. The van der Waals surface area contributed by atoms with Crippen LogP contribution in [0.1, 0.15) is 49.9 Å². The number of amidine groups is 1. The number of carbonyl (C=O) groups excluding carboxylic acids is 1. The molecule has 1 aromatic heterocycles. The molecule has 4 heterocycles. The van der Waals surface area contributed by atoms with Gasteiger partial charge in [0.25, 0.3) is 0 Å². The summed E-state index contributed by atoms with van der Waals surface area (Å²) < 4.78 is 63.8. The van der Waals surface area contributed by atoms with E-state index in [9.17, 15) is 19.4 Å². The SMILES string of the molecule is C=CC(=O)N1CC2CCNc3c(F)c(-c4c(O)ccc(F)c4F)c(F)c4c3C(=NC(O)N4c3c(C)ccnc3C(C)C)N2CC1C. The Bertz CT molecular complexity index is 1800. The van der Waals surface area contributed by atoms with Crippen LogP contribution in [0.5, 0.6) is 5.75 Å². The number of carbonyl (C=O) groups is 1. The van der Waals surface area contributed by atoms with Crippen LogP contribution in [0.2, 0.25) is 0 Å². The smallest absolute Gasteiger partial charge is 0.246 e. The number of nitrogens with zero attached hydrogens (tertiary/aromatic N) is 5. The fraction of sp³-hybridized carbons (Fsp3) is 0.364. The number of pyridine rings is 1. The minimum Gasteiger partial charge on any atom is -0.507 e. The molecule has 1 amide bonds. The third kappa shape index (κ3) is 4.75. The van der Waals surface area contributed by atoms with Gasteiger partial charge in [0.05, 0.1) is 39.4 Å². The predicted molar refractivity (Wildman–Crippen MR) is 166 cm³/mol. The highest BCUT2D eigenvalue weighted by Gasteiger charge is 2.45. The predicted octanol–water partition coefficient (Wildman–Crippen LogP) is 5.52. The summed E-state index contributed by atoms with van der Waals surface area (Å²) in [5.74, 6) is -6.91. The average Bonchev–Trinajstić information content (AvgIpc) is 3.01. The van der Waals surface area contributed by atoms with E-state index in [0.717, 1.165) is 6.07 Å². The van der Waals surface area contributed by atoms with E-state index in [-0.39, 0.29) is 66.3 Å². The van der Waals surface area contributed by atoms with Crippen LogP contribution in [-0.4, -0.2) is 74.8 Å². The molecule has 13 heteroatoms. The van der Waals surface area contributed by atoms with Crippen molar-refractivity contribution in [1.29, 1.82) is 0 Å². The summed E-state index contributed by atoms with van der Waals surface area (Å²) >= 11 is 0. The molecule has 0 radical (unpaired) electrons. The molecule has 3 N–H and O–H groups in total. The minimum absolute atomic E-state index is 0.0429. The van der Waals surface area contributed by atoms with Gasteiger partial charge in [0, 0.05) is 37.9 Å². The Kier molecular flexibility index (Phi) is 7.91. The number of anilines is 3. The zero-order valence-corrected chi connectivity index (χ0v) is 25.8. The number of amides is 1. The zero-order valence-electron chi connectivity index (χ0n) is 25.8. The number of rotatable bonds is 4. The molecule has 3 aliphatic heterocycles. The number of hydrogen-bond acceptors (Lipinski definition) is 8. The fourth-order valence-corrected chi connectivity index (χ4v) is 6.72. The quantitative estimate of drug-likeness (QED) is 0.256. The van der Waals surface area contributed by atoms with Crippen molar-refractivity contribution >= 4 is 28.8 Å². The average molecular weight is 639 g/mol. The van der Waals surface area contributed by atoms with Crippen LogP contribution in [0.4, 0.5) is 34.6 Å². The first-order valence-corrected chi connectivity index (χ1v) is 15.0. The van der Waals surface area contributed by atoms with Gasteiger partial charge in [-0.2, -0.15) is 0 Å². The Morgan fingerprint density at radius 2 is 1.80 bits per heavy atom. The molecule has 1 saturated heterocycles. The highest BCUT2D eigenvalue weighted by atomic mass is 19.2. The van der Waals surface area contributed by atoms with Crippen molar-refractivity contribution in [2.75, 3.05) is 29.9 Å². The Hall–Kier alpha value is -4.65. The van der Waals surface area contributed by atoms with E-state index in [0.29, 0.717) is 29.4 Å². The number of aryl methyl sites for hydroxylation is 1. The molecular formula is C33H34F4N6O3. The van der Waals surface area contributed by atoms with Gasteiger partial charge in [0.2, 0.25) is 12.3 Å². The van der Waals surface area contributed by atoms with Gasteiger partial charge in [-0.3, -0.25) is 14.7 Å². The van der Waals surface area contributed by atoms with Crippen LogP contribution >= 0.6 is 0 Å². The molecule has 3 aliphatic rings. The summed E-state index contributed by atoms with van der Waals surface area (Å²) in [6.07, 6.45) is 1.44. The number of benzene rings is 2. The fourth-order valence-electron chi connectivity index (χ4n) is 6.72. The van der Waals surface area contributed by atoms with Crippen molar-refractivity contribution in [3.8, 4) is 16.9 Å².